The van der Waals surface area contributed by atoms with E-state index in [1.165, 1.54) is 18.2 Å². The number of alkyl halides is 2. The number of phenols is 1. The van der Waals surface area contributed by atoms with Gasteiger partial charge in [-0.1, -0.05) is 0 Å². The molecule has 1 nitrogen and oxygen atoms in total. The van der Waals surface area contributed by atoms with Gasteiger partial charge in [0.2, 0.25) is 0 Å². The van der Waals surface area contributed by atoms with Crippen molar-refractivity contribution in [2.75, 3.05) is 0 Å². The predicted octanol–water partition coefficient (Wildman–Crippen LogP) is 3.09. The maximum absolute atomic E-state index is 12.0. The first-order valence-electron chi connectivity index (χ1n) is 2.88. The Hall–Kier alpha value is -0.640. The molecule has 0 amide bonds. The zero-order chi connectivity index (χ0) is 8.43. The summed E-state index contributed by atoms with van der Waals surface area (Å²) in [7, 11) is 0. The lowest BCUT2D eigenvalue weighted by Crippen LogP contribution is -1.82. The van der Waals surface area contributed by atoms with Crippen LogP contribution in [0.2, 0.25) is 0 Å². The number of rotatable bonds is 1. The summed E-state index contributed by atoms with van der Waals surface area (Å²) in [6, 6.07) is 3.61. The Morgan fingerprint density at radius 3 is 2.45 bits per heavy atom. The van der Waals surface area contributed by atoms with Crippen LogP contribution in [-0.2, 0) is 0 Å². The Morgan fingerprint density at radius 1 is 1.36 bits per heavy atom. The van der Waals surface area contributed by atoms with Crippen LogP contribution in [0.15, 0.2) is 22.7 Å². The van der Waals surface area contributed by atoms with Gasteiger partial charge in [0, 0.05) is 5.56 Å². The number of benzene rings is 1. The van der Waals surface area contributed by atoms with E-state index >= 15 is 0 Å². The lowest BCUT2D eigenvalue weighted by molar-refractivity contribution is 0.151. The molecule has 0 atom stereocenters. The predicted molar refractivity (Wildman–Crippen MR) is 40.8 cm³/mol. The fraction of sp³-hybridized carbons (Fsp3) is 0.143. The third-order valence-corrected chi connectivity index (χ3v) is 1.86. The average Bonchev–Trinajstić information content (AvgIpc) is 1.94. The van der Waals surface area contributed by atoms with E-state index in [2.05, 4.69) is 15.9 Å². The van der Waals surface area contributed by atoms with Crippen LogP contribution in [-0.4, -0.2) is 5.11 Å². The molecule has 0 saturated heterocycles. The molecule has 0 aromatic heterocycles. The topological polar surface area (TPSA) is 20.2 Å². The van der Waals surface area contributed by atoms with Gasteiger partial charge in [-0.15, -0.1) is 0 Å². The van der Waals surface area contributed by atoms with Gasteiger partial charge in [0.15, 0.2) is 0 Å². The third-order valence-electron chi connectivity index (χ3n) is 1.22. The largest absolute Gasteiger partial charge is 0.507 e. The molecule has 60 valence electrons. The van der Waals surface area contributed by atoms with Crippen LogP contribution in [0, 0.1) is 0 Å². The Morgan fingerprint density at radius 2 is 2.00 bits per heavy atom. The molecule has 0 aliphatic heterocycles. The van der Waals surface area contributed by atoms with Crippen molar-refractivity contribution >= 4 is 15.9 Å². The Labute approximate surface area is 70.8 Å². The van der Waals surface area contributed by atoms with Gasteiger partial charge in [0.05, 0.1) is 4.47 Å². The van der Waals surface area contributed by atoms with Crippen molar-refractivity contribution in [2.24, 2.45) is 0 Å². The fourth-order valence-corrected chi connectivity index (χ4v) is 1.06. The first-order valence-corrected chi connectivity index (χ1v) is 3.67. The van der Waals surface area contributed by atoms with Crippen LogP contribution in [0.25, 0.3) is 0 Å². The molecule has 1 aromatic carbocycles. The molecule has 1 rings (SSSR count). The molecular weight excluding hydrogens is 218 g/mol. The molecule has 0 radical (unpaired) electrons. The van der Waals surface area contributed by atoms with E-state index in [1.54, 1.807) is 0 Å². The van der Waals surface area contributed by atoms with E-state index in [1.807, 2.05) is 0 Å². The Kier molecular flexibility index (Phi) is 2.44. The summed E-state index contributed by atoms with van der Waals surface area (Å²) in [6.07, 6.45) is -2.49. The minimum Gasteiger partial charge on any atom is -0.507 e. The molecule has 4 heteroatoms. The molecule has 0 aliphatic rings. The smallest absolute Gasteiger partial charge is 0.263 e. The van der Waals surface area contributed by atoms with E-state index in [0.717, 1.165) is 0 Å². The highest BCUT2D eigenvalue weighted by molar-refractivity contribution is 9.10. The second-order valence-corrected chi connectivity index (χ2v) is 2.87. The minimum absolute atomic E-state index is 0.0330. The van der Waals surface area contributed by atoms with Gasteiger partial charge in [-0.05, 0) is 34.1 Å². The van der Waals surface area contributed by atoms with E-state index in [9.17, 15) is 8.78 Å². The monoisotopic (exact) mass is 222 g/mol. The molecule has 11 heavy (non-hydrogen) atoms. The first-order chi connectivity index (χ1) is 5.11. The third kappa shape index (κ3) is 1.89. The molecule has 0 unspecified atom stereocenters. The maximum Gasteiger partial charge on any atom is 0.263 e. The standard InChI is InChI=1S/C7H5BrF2O/c8-5-3-4(7(9)10)1-2-6(5)11/h1-3,7,11H. The Balaban J connectivity index is 3.05. The fourth-order valence-electron chi connectivity index (χ4n) is 0.659. The van der Waals surface area contributed by atoms with E-state index in [-0.39, 0.29) is 15.8 Å². The highest BCUT2D eigenvalue weighted by atomic mass is 79.9. The van der Waals surface area contributed by atoms with Gasteiger partial charge in [0.1, 0.15) is 5.75 Å². The lowest BCUT2D eigenvalue weighted by Gasteiger charge is -2.00. The molecule has 0 spiro atoms. The Bertz CT molecular complexity index is 263. The maximum atomic E-state index is 12.0. The van der Waals surface area contributed by atoms with Crippen LogP contribution in [0.5, 0.6) is 5.75 Å². The normalized spacial score (nSPS) is 10.5. The van der Waals surface area contributed by atoms with Gasteiger partial charge in [-0.3, -0.25) is 0 Å². The zero-order valence-corrected chi connectivity index (χ0v) is 6.98. The molecule has 1 N–H and O–H groups in total. The number of phenolic OH excluding ortho intramolecular Hbond substituents is 1. The SMILES string of the molecule is Oc1ccc(C(F)F)cc1Br. The molecule has 0 fully saturated rings. The van der Waals surface area contributed by atoms with Gasteiger partial charge in [0.25, 0.3) is 6.43 Å². The lowest BCUT2D eigenvalue weighted by atomic mass is 10.2. The summed E-state index contributed by atoms with van der Waals surface area (Å²) in [5.41, 5.74) is -0.102. The summed E-state index contributed by atoms with van der Waals surface area (Å²) in [4.78, 5) is 0. The summed E-state index contributed by atoms with van der Waals surface area (Å²) < 4.78 is 24.2. The average molecular weight is 223 g/mol. The van der Waals surface area contributed by atoms with Crippen LogP contribution >= 0.6 is 15.9 Å². The van der Waals surface area contributed by atoms with Crippen molar-refractivity contribution in [1.29, 1.82) is 0 Å². The van der Waals surface area contributed by atoms with Crippen molar-refractivity contribution < 1.29 is 13.9 Å². The second kappa shape index (κ2) is 3.17. The van der Waals surface area contributed by atoms with Crippen molar-refractivity contribution in [3.8, 4) is 5.75 Å². The molecular formula is C7H5BrF2O. The molecule has 0 aliphatic carbocycles. The van der Waals surface area contributed by atoms with Crippen molar-refractivity contribution in [3.05, 3.63) is 28.2 Å². The molecule has 1 aromatic rings. The van der Waals surface area contributed by atoms with Gasteiger partial charge < -0.3 is 5.11 Å². The highest BCUT2D eigenvalue weighted by Crippen LogP contribution is 2.28. The van der Waals surface area contributed by atoms with Crippen molar-refractivity contribution in [2.45, 2.75) is 6.43 Å². The quantitative estimate of drug-likeness (QED) is 0.775. The number of hydrogen-bond acceptors (Lipinski definition) is 1. The van der Waals surface area contributed by atoms with E-state index < -0.39 is 6.43 Å². The number of aromatic hydroxyl groups is 1. The highest BCUT2D eigenvalue weighted by Gasteiger charge is 2.08. The van der Waals surface area contributed by atoms with Crippen molar-refractivity contribution in [1.82, 2.24) is 0 Å². The van der Waals surface area contributed by atoms with Crippen LogP contribution in [0.1, 0.15) is 12.0 Å². The molecule has 0 heterocycles. The van der Waals surface area contributed by atoms with Crippen LogP contribution < -0.4 is 0 Å². The summed E-state index contributed by atoms with van der Waals surface area (Å²) in [5, 5.41) is 8.93. The number of halogens is 3. The zero-order valence-electron chi connectivity index (χ0n) is 5.39. The number of hydrogen-bond donors (Lipinski definition) is 1. The van der Waals surface area contributed by atoms with Gasteiger partial charge in [-0.25, -0.2) is 8.78 Å². The minimum atomic E-state index is -2.49. The second-order valence-electron chi connectivity index (χ2n) is 2.01. The van der Waals surface area contributed by atoms with E-state index in [0.29, 0.717) is 0 Å². The van der Waals surface area contributed by atoms with Crippen LogP contribution in [0.4, 0.5) is 8.78 Å². The summed E-state index contributed by atoms with van der Waals surface area (Å²) in [6.45, 7) is 0. The van der Waals surface area contributed by atoms with Gasteiger partial charge in [-0.2, -0.15) is 0 Å². The molecule has 0 bridgehead atoms. The van der Waals surface area contributed by atoms with Crippen molar-refractivity contribution in [3.63, 3.8) is 0 Å². The summed E-state index contributed by atoms with van der Waals surface area (Å²) >= 11 is 2.93. The van der Waals surface area contributed by atoms with E-state index in [4.69, 9.17) is 5.11 Å². The summed E-state index contributed by atoms with van der Waals surface area (Å²) in [5.74, 6) is -0.0330. The van der Waals surface area contributed by atoms with Gasteiger partial charge >= 0.3 is 0 Å². The molecule has 0 saturated carbocycles. The van der Waals surface area contributed by atoms with Crippen LogP contribution in [0.3, 0.4) is 0 Å². The first kappa shape index (κ1) is 8.46.